The topological polar surface area (TPSA) is 72.6 Å². The minimum absolute atomic E-state index is 0.0257. The fourth-order valence-electron chi connectivity index (χ4n) is 2.70. The monoisotopic (exact) mass is 263 g/mol. The molecule has 1 aliphatic rings. The molecule has 0 aliphatic carbocycles. The smallest absolute Gasteiger partial charge is 0.304 e. The van der Waals surface area contributed by atoms with E-state index in [-0.39, 0.29) is 24.0 Å². The second-order valence-corrected chi connectivity index (χ2v) is 5.94. The lowest BCUT2D eigenvalue weighted by Crippen LogP contribution is -2.28. The molecule has 1 aromatic rings. The van der Waals surface area contributed by atoms with Gasteiger partial charge in [0, 0.05) is 18.4 Å². The average Bonchev–Trinajstić information content (AvgIpc) is 2.59. The maximum atomic E-state index is 11.0. The minimum Gasteiger partial charge on any atom is -0.487 e. The highest BCUT2D eigenvalue weighted by Crippen LogP contribution is 2.41. The van der Waals surface area contributed by atoms with Gasteiger partial charge in [0.15, 0.2) is 0 Å². The molecule has 0 amide bonds. The van der Waals surface area contributed by atoms with Crippen LogP contribution in [0.1, 0.15) is 44.2 Å². The molecule has 4 heteroatoms. The van der Waals surface area contributed by atoms with Crippen LogP contribution in [0.15, 0.2) is 18.2 Å². The average molecular weight is 263 g/mol. The van der Waals surface area contributed by atoms with Gasteiger partial charge in [0.05, 0.1) is 6.42 Å². The second kappa shape index (κ2) is 4.85. The Morgan fingerprint density at radius 3 is 2.79 bits per heavy atom. The highest BCUT2D eigenvalue weighted by molar-refractivity contribution is 5.68. The summed E-state index contributed by atoms with van der Waals surface area (Å²) in [5.41, 5.74) is 7.78. The van der Waals surface area contributed by atoms with E-state index >= 15 is 0 Å². The molecule has 0 fully saturated rings. The number of carbonyl (C=O) groups is 1. The second-order valence-electron chi connectivity index (χ2n) is 5.94. The molecule has 104 valence electrons. The normalized spacial score (nSPS) is 19.4. The first-order valence-corrected chi connectivity index (χ1v) is 6.58. The summed E-state index contributed by atoms with van der Waals surface area (Å²) in [7, 11) is 0. The van der Waals surface area contributed by atoms with Crippen LogP contribution in [0, 0.1) is 0 Å². The van der Waals surface area contributed by atoms with Gasteiger partial charge in [-0.3, -0.25) is 4.79 Å². The highest BCUT2D eigenvalue weighted by atomic mass is 16.5. The fraction of sp³-hybridized carbons (Fsp3) is 0.533. The molecule has 0 spiro atoms. The lowest BCUT2D eigenvalue weighted by atomic mass is 9.88. The van der Waals surface area contributed by atoms with Crippen LogP contribution in [-0.2, 0) is 11.2 Å². The summed E-state index contributed by atoms with van der Waals surface area (Å²) in [5.74, 6) is -0.227. The van der Waals surface area contributed by atoms with E-state index in [1.807, 2.05) is 39.0 Å². The van der Waals surface area contributed by atoms with Crippen LogP contribution < -0.4 is 10.5 Å². The largest absolute Gasteiger partial charge is 0.487 e. The van der Waals surface area contributed by atoms with E-state index in [0.29, 0.717) is 0 Å². The summed E-state index contributed by atoms with van der Waals surface area (Å²) in [6.07, 6.45) is 0.868. The molecule has 1 aliphatic heterocycles. The first kappa shape index (κ1) is 13.9. The van der Waals surface area contributed by atoms with Gasteiger partial charge in [-0.05, 0) is 31.9 Å². The predicted octanol–water partition coefficient (Wildman–Crippen LogP) is 2.31. The number of rotatable bonds is 4. The van der Waals surface area contributed by atoms with Crippen molar-refractivity contribution in [2.24, 2.45) is 5.73 Å². The van der Waals surface area contributed by atoms with Crippen molar-refractivity contribution in [1.29, 1.82) is 0 Å². The third kappa shape index (κ3) is 2.89. The number of carboxylic acids is 1. The third-order valence-corrected chi connectivity index (χ3v) is 3.55. The Morgan fingerprint density at radius 1 is 1.53 bits per heavy atom. The van der Waals surface area contributed by atoms with E-state index in [2.05, 4.69) is 0 Å². The van der Waals surface area contributed by atoms with Crippen molar-refractivity contribution in [3.8, 4) is 5.75 Å². The summed E-state index contributed by atoms with van der Waals surface area (Å²) in [5, 5.41) is 9.05. The van der Waals surface area contributed by atoms with E-state index in [1.54, 1.807) is 0 Å². The molecule has 2 unspecified atom stereocenters. The van der Waals surface area contributed by atoms with Crippen molar-refractivity contribution in [1.82, 2.24) is 0 Å². The summed E-state index contributed by atoms with van der Waals surface area (Å²) >= 11 is 0. The number of aliphatic carboxylic acids is 1. The van der Waals surface area contributed by atoms with Gasteiger partial charge in [-0.2, -0.15) is 0 Å². The molecular weight excluding hydrogens is 242 g/mol. The summed E-state index contributed by atoms with van der Waals surface area (Å²) < 4.78 is 5.99. The van der Waals surface area contributed by atoms with Gasteiger partial charge in [-0.15, -0.1) is 0 Å². The molecule has 2 atom stereocenters. The van der Waals surface area contributed by atoms with Crippen molar-refractivity contribution >= 4 is 5.97 Å². The Bertz CT molecular complexity index is 494. The maximum Gasteiger partial charge on any atom is 0.304 e. The molecule has 0 saturated carbocycles. The Kier molecular flexibility index (Phi) is 3.54. The Morgan fingerprint density at radius 2 is 2.21 bits per heavy atom. The van der Waals surface area contributed by atoms with Crippen molar-refractivity contribution in [3.63, 3.8) is 0 Å². The van der Waals surface area contributed by atoms with Crippen LogP contribution in [0.25, 0.3) is 0 Å². The van der Waals surface area contributed by atoms with Gasteiger partial charge in [-0.1, -0.05) is 18.2 Å². The molecule has 1 aromatic carbocycles. The van der Waals surface area contributed by atoms with Crippen LogP contribution >= 0.6 is 0 Å². The van der Waals surface area contributed by atoms with Crippen LogP contribution in [0.3, 0.4) is 0 Å². The van der Waals surface area contributed by atoms with Crippen LogP contribution in [-0.4, -0.2) is 22.7 Å². The van der Waals surface area contributed by atoms with E-state index in [1.165, 1.54) is 0 Å². The molecule has 2 rings (SSSR count). The number of carboxylic acid groups (broad SMARTS) is 1. The zero-order valence-corrected chi connectivity index (χ0v) is 11.6. The predicted molar refractivity (Wildman–Crippen MR) is 73.5 cm³/mol. The zero-order chi connectivity index (χ0) is 14.2. The van der Waals surface area contributed by atoms with Crippen LogP contribution in [0.5, 0.6) is 5.75 Å². The Balaban J connectivity index is 2.40. The van der Waals surface area contributed by atoms with Crippen molar-refractivity contribution in [2.45, 2.75) is 51.2 Å². The number of hydrogen-bond acceptors (Lipinski definition) is 3. The van der Waals surface area contributed by atoms with Crippen LogP contribution in [0.4, 0.5) is 0 Å². The fourth-order valence-corrected chi connectivity index (χ4v) is 2.70. The summed E-state index contributed by atoms with van der Waals surface area (Å²) in [4.78, 5) is 11.0. The standard InChI is InChI=1S/C15H21NO3/c1-9(16)12(7-13(17)18)11-6-4-5-10-8-15(2,3)19-14(10)11/h4-6,9,12H,7-8,16H2,1-3H3,(H,17,18). The summed E-state index contributed by atoms with van der Waals surface area (Å²) in [6, 6.07) is 5.69. The Hall–Kier alpha value is -1.55. The van der Waals surface area contributed by atoms with Crippen LogP contribution in [0.2, 0.25) is 0 Å². The quantitative estimate of drug-likeness (QED) is 0.874. The number of hydrogen-bond donors (Lipinski definition) is 2. The SMILES string of the molecule is CC(N)C(CC(=O)O)c1cccc2c1OC(C)(C)C2. The molecule has 19 heavy (non-hydrogen) atoms. The number of fused-ring (bicyclic) bond motifs is 1. The molecule has 4 nitrogen and oxygen atoms in total. The highest BCUT2D eigenvalue weighted by Gasteiger charge is 2.34. The first-order chi connectivity index (χ1) is 8.80. The van der Waals surface area contributed by atoms with Gasteiger partial charge in [0.1, 0.15) is 11.4 Å². The van der Waals surface area contributed by atoms with E-state index in [0.717, 1.165) is 23.3 Å². The lowest BCUT2D eigenvalue weighted by molar-refractivity contribution is -0.137. The molecule has 1 heterocycles. The maximum absolute atomic E-state index is 11.0. The summed E-state index contributed by atoms with van der Waals surface area (Å²) in [6.45, 7) is 5.91. The third-order valence-electron chi connectivity index (χ3n) is 3.55. The molecule has 0 saturated heterocycles. The molecule has 0 aromatic heterocycles. The van der Waals surface area contributed by atoms with E-state index < -0.39 is 5.97 Å². The first-order valence-electron chi connectivity index (χ1n) is 6.58. The lowest BCUT2D eigenvalue weighted by Gasteiger charge is -2.23. The van der Waals surface area contributed by atoms with E-state index in [9.17, 15) is 4.79 Å². The molecule has 0 bridgehead atoms. The number of para-hydroxylation sites is 1. The molecule has 3 N–H and O–H groups in total. The Labute approximate surface area is 113 Å². The zero-order valence-electron chi connectivity index (χ0n) is 11.6. The number of ether oxygens (including phenoxy) is 1. The van der Waals surface area contributed by atoms with E-state index in [4.69, 9.17) is 15.6 Å². The minimum atomic E-state index is -0.836. The van der Waals surface area contributed by atoms with Crippen molar-refractivity contribution in [3.05, 3.63) is 29.3 Å². The van der Waals surface area contributed by atoms with Gasteiger partial charge in [0.2, 0.25) is 0 Å². The molecule has 0 radical (unpaired) electrons. The molecular formula is C15H21NO3. The van der Waals surface area contributed by atoms with Crippen molar-refractivity contribution in [2.75, 3.05) is 0 Å². The van der Waals surface area contributed by atoms with Gasteiger partial charge in [-0.25, -0.2) is 0 Å². The van der Waals surface area contributed by atoms with Gasteiger partial charge in [0.25, 0.3) is 0 Å². The van der Waals surface area contributed by atoms with Gasteiger partial charge >= 0.3 is 5.97 Å². The number of benzene rings is 1. The number of nitrogens with two attached hydrogens (primary N) is 1. The van der Waals surface area contributed by atoms with Gasteiger partial charge < -0.3 is 15.6 Å². The van der Waals surface area contributed by atoms with Crippen molar-refractivity contribution < 1.29 is 14.6 Å².